The van der Waals surface area contributed by atoms with Gasteiger partial charge in [0.25, 0.3) is 0 Å². The Kier molecular flexibility index (Phi) is 3.65. The van der Waals surface area contributed by atoms with Gasteiger partial charge in [0.15, 0.2) is 5.79 Å². The van der Waals surface area contributed by atoms with Crippen molar-refractivity contribution in [3.63, 3.8) is 0 Å². The average Bonchev–Trinajstić information content (AvgIpc) is 3.11. The summed E-state index contributed by atoms with van der Waals surface area (Å²) in [5.74, 6) is -0.248. The van der Waals surface area contributed by atoms with E-state index < -0.39 is 16.8 Å². The van der Waals surface area contributed by atoms with E-state index in [-0.39, 0.29) is 54.1 Å². The van der Waals surface area contributed by atoms with Crippen LogP contribution in [-0.2, 0) is 28.5 Å². The van der Waals surface area contributed by atoms with Crippen LogP contribution in [-0.4, -0.2) is 56.0 Å². The molecular formula is C23H32O6. The Morgan fingerprint density at radius 1 is 1.14 bits per heavy atom. The lowest BCUT2D eigenvalue weighted by Gasteiger charge is -2.52. The van der Waals surface area contributed by atoms with Crippen LogP contribution in [0.2, 0.25) is 0 Å². The third-order valence-corrected chi connectivity index (χ3v) is 9.25. The maximum atomic E-state index is 13.7. The summed E-state index contributed by atoms with van der Waals surface area (Å²) in [4.78, 5) is 13.7. The molecule has 0 aromatic heterocycles. The summed E-state index contributed by atoms with van der Waals surface area (Å²) in [5.41, 5.74) is -0.0293. The van der Waals surface area contributed by atoms with E-state index in [4.69, 9.17) is 23.7 Å². The molecule has 5 unspecified atom stereocenters. The second kappa shape index (κ2) is 5.64. The van der Waals surface area contributed by atoms with E-state index in [1.807, 2.05) is 13.8 Å². The topological polar surface area (TPSA) is 63.2 Å². The molecule has 10 atom stereocenters. The predicted octanol–water partition coefficient (Wildman–Crippen LogP) is 2.84. The lowest BCUT2D eigenvalue weighted by Crippen LogP contribution is -2.67. The summed E-state index contributed by atoms with van der Waals surface area (Å²) in [6.45, 7) is 8.33. The third kappa shape index (κ3) is 1.96. The van der Waals surface area contributed by atoms with Gasteiger partial charge in [-0.25, -0.2) is 0 Å². The monoisotopic (exact) mass is 404 g/mol. The number of allylic oxidation sites excluding steroid dienone is 1. The minimum Gasteiger partial charge on any atom is -0.459 e. The molecule has 7 fully saturated rings. The quantitative estimate of drug-likeness (QED) is 0.521. The number of esters is 1. The maximum absolute atomic E-state index is 13.7. The zero-order valence-corrected chi connectivity index (χ0v) is 17.8. The van der Waals surface area contributed by atoms with Gasteiger partial charge in [-0.1, -0.05) is 12.2 Å². The first-order valence-corrected chi connectivity index (χ1v) is 11.1. The SMILES string of the molecule is C=C1CCCC23C(=O)O[C@@H](CC12)[C@@]12OC(C)(C)O[C@@H]1[C@H](OC)C1CC3[C@H]2C1OC. The minimum absolute atomic E-state index is 0.0264. The first-order valence-electron chi connectivity index (χ1n) is 11.1. The lowest BCUT2D eigenvalue weighted by molar-refractivity contribution is -0.235. The molecule has 0 aromatic carbocycles. The highest BCUT2D eigenvalue weighted by Crippen LogP contribution is 2.72. The lowest BCUT2D eigenvalue weighted by atomic mass is 9.55. The van der Waals surface area contributed by atoms with Crippen LogP contribution in [0.25, 0.3) is 0 Å². The van der Waals surface area contributed by atoms with Crippen LogP contribution in [0.5, 0.6) is 0 Å². The molecule has 0 N–H and O–H groups in total. The van der Waals surface area contributed by atoms with Crippen molar-refractivity contribution in [2.45, 2.75) is 81.8 Å². The van der Waals surface area contributed by atoms with Gasteiger partial charge in [-0.05, 0) is 57.8 Å². The van der Waals surface area contributed by atoms with Crippen molar-refractivity contribution in [1.82, 2.24) is 0 Å². The van der Waals surface area contributed by atoms with Crippen LogP contribution in [0, 0.1) is 29.1 Å². The Bertz CT molecular complexity index is 777. The molecule has 29 heavy (non-hydrogen) atoms. The number of rotatable bonds is 2. The fraction of sp³-hybridized carbons (Fsp3) is 0.870. The summed E-state index contributed by atoms with van der Waals surface area (Å²) < 4.78 is 31.8. The van der Waals surface area contributed by atoms with Gasteiger partial charge >= 0.3 is 5.97 Å². The van der Waals surface area contributed by atoms with Crippen LogP contribution in [0.15, 0.2) is 12.2 Å². The summed E-state index contributed by atoms with van der Waals surface area (Å²) in [7, 11) is 3.54. The molecule has 4 saturated carbocycles. The molecule has 6 heteroatoms. The van der Waals surface area contributed by atoms with Gasteiger partial charge in [0.05, 0.1) is 17.6 Å². The van der Waals surface area contributed by atoms with Crippen molar-refractivity contribution < 1.29 is 28.5 Å². The van der Waals surface area contributed by atoms with Crippen LogP contribution >= 0.6 is 0 Å². The normalized spacial score (nSPS) is 56.6. The maximum Gasteiger partial charge on any atom is 0.313 e. The van der Waals surface area contributed by atoms with E-state index in [0.29, 0.717) is 0 Å². The van der Waals surface area contributed by atoms with Gasteiger partial charge in [-0.2, -0.15) is 0 Å². The summed E-state index contributed by atoms with van der Waals surface area (Å²) >= 11 is 0. The van der Waals surface area contributed by atoms with Crippen LogP contribution in [0.1, 0.15) is 46.0 Å². The molecule has 160 valence electrons. The minimum atomic E-state index is -0.760. The molecule has 4 bridgehead atoms. The third-order valence-electron chi connectivity index (χ3n) is 9.25. The van der Waals surface area contributed by atoms with E-state index >= 15 is 0 Å². The Labute approximate surface area is 172 Å². The van der Waals surface area contributed by atoms with E-state index in [1.165, 1.54) is 5.57 Å². The predicted molar refractivity (Wildman–Crippen MR) is 103 cm³/mol. The second-order valence-corrected chi connectivity index (χ2v) is 10.6. The number of fused-ring (bicyclic) bond motifs is 2. The molecule has 7 rings (SSSR count). The zero-order valence-electron chi connectivity index (χ0n) is 17.8. The first-order chi connectivity index (χ1) is 13.8. The van der Waals surface area contributed by atoms with Crippen molar-refractivity contribution in [2.75, 3.05) is 14.2 Å². The largest absolute Gasteiger partial charge is 0.459 e. The molecule has 4 aliphatic carbocycles. The Morgan fingerprint density at radius 2 is 1.90 bits per heavy atom. The number of carbonyl (C=O) groups is 1. The molecule has 0 amide bonds. The number of carbonyl (C=O) groups excluding carboxylic acids is 1. The number of ether oxygens (including phenoxy) is 5. The molecule has 2 spiro atoms. The van der Waals surface area contributed by atoms with Crippen molar-refractivity contribution in [3.05, 3.63) is 12.2 Å². The second-order valence-electron chi connectivity index (χ2n) is 10.6. The number of hydrogen-bond donors (Lipinski definition) is 0. The van der Waals surface area contributed by atoms with E-state index in [1.54, 1.807) is 14.2 Å². The van der Waals surface area contributed by atoms with Gasteiger partial charge in [0, 0.05) is 26.1 Å². The Morgan fingerprint density at radius 3 is 2.62 bits per heavy atom. The van der Waals surface area contributed by atoms with Crippen molar-refractivity contribution in [2.24, 2.45) is 29.1 Å². The van der Waals surface area contributed by atoms with Crippen LogP contribution in [0.4, 0.5) is 0 Å². The van der Waals surface area contributed by atoms with Gasteiger partial charge in [-0.15, -0.1) is 0 Å². The Balaban J connectivity index is 1.62. The van der Waals surface area contributed by atoms with Gasteiger partial charge in [0.1, 0.15) is 17.8 Å². The number of hydrogen-bond acceptors (Lipinski definition) is 6. The van der Waals surface area contributed by atoms with Gasteiger partial charge in [-0.3, -0.25) is 4.79 Å². The summed E-state index contributed by atoms with van der Waals surface area (Å²) in [6.07, 6.45) is 3.73. The molecule has 3 saturated heterocycles. The van der Waals surface area contributed by atoms with Crippen LogP contribution < -0.4 is 0 Å². The van der Waals surface area contributed by atoms with Crippen molar-refractivity contribution in [1.29, 1.82) is 0 Å². The molecule has 7 aliphatic rings. The fourth-order valence-corrected chi connectivity index (χ4v) is 8.60. The van der Waals surface area contributed by atoms with Gasteiger partial charge < -0.3 is 23.7 Å². The Hall–Kier alpha value is -0.950. The highest BCUT2D eigenvalue weighted by Gasteiger charge is 2.82. The van der Waals surface area contributed by atoms with E-state index in [2.05, 4.69) is 6.58 Å². The average molecular weight is 405 g/mol. The standard InChI is InChI=1S/C23H32O6/c1-11-7-6-8-22-13(11)10-15(27-20(22)24)23-16-14(22)9-12(17(16)25-4)18(26-5)19(23)28-21(2,3)29-23/h12-19H,1,6-10H2,2-5H3/t12?,13?,14?,15-,16-,17?,18+,19+,22?,23-/m0/s1. The fourth-order valence-electron chi connectivity index (χ4n) is 8.60. The van der Waals surface area contributed by atoms with Crippen LogP contribution in [0.3, 0.4) is 0 Å². The summed E-state index contributed by atoms with van der Waals surface area (Å²) in [6, 6.07) is 0. The first kappa shape index (κ1) is 18.8. The number of methoxy groups -OCH3 is 2. The summed E-state index contributed by atoms with van der Waals surface area (Å²) in [5, 5.41) is 0. The van der Waals surface area contributed by atoms with E-state index in [0.717, 1.165) is 32.1 Å². The van der Waals surface area contributed by atoms with Crippen molar-refractivity contribution in [3.8, 4) is 0 Å². The smallest absolute Gasteiger partial charge is 0.313 e. The highest BCUT2D eigenvalue weighted by molar-refractivity contribution is 5.81. The molecule has 0 radical (unpaired) electrons. The molecule has 0 aromatic rings. The molecular weight excluding hydrogens is 372 g/mol. The molecule has 3 aliphatic heterocycles. The molecule has 3 heterocycles. The van der Waals surface area contributed by atoms with Crippen molar-refractivity contribution >= 4 is 5.97 Å². The van der Waals surface area contributed by atoms with E-state index in [9.17, 15) is 4.79 Å². The van der Waals surface area contributed by atoms with Gasteiger partial charge in [0.2, 0.25) is 0 Å². The zero-order chi connectivity index (χ0) is 20.3. The highest BCUT2D eigenvalue weighted by atomic mass is 16.8. The molecule has 6 nitrogen and oxygen atoms in total.